The molecule has 1 saturated heterocycles. The van der Waals surface area contributed by atoms with Crippen LogP contribution >= 0.6 is 12.2 Å². The Labute approximate surface area is 192 Å². The van der Waals surface area contributed by atoms with Gasteiger partial charge in [0, 0.05) is 18.3 Å². The Kier molecular flexibility index (Phi) is 5.25. The molecule has 0 aromatic heterocycles. The van der Waals surface area contributed by atoms with Crippen molar-refractivity contribution in [2.75, 3.05) is 16.8 Å². The third-order valence-corrected chi connectivity index (χ3v) is 6.38. The summed E-state index contributed by atoms with van der Waals surface area (Å²) in [6.07, 6.45) is 3.74. The molecule has 2 aliphatic heterocycles. The van der Waals surface area contributed by atoms with Crippen LogP contribution in [0.15, 0.2) is 48.0 Å². The van der Waals surface area contributed by atoms with Gasteiger partial charge in [-0.15, -0.1) is 0 Å². The summed E-state index contributed by atoms with van der Waals surface area (Å²) in [4.78, 5) is 29.1. The molecule has 0 bridgehead atoms. The van der Waals surface area contributed by atoms with Crippen molar-refractivity contribution in [3.63, 3.8) is 0 Å². The lowest BCUT2D eigenvalue weighted by atomic mass is 9.87. The number of likely N-dealkylation sites (N-methyl/N-ethyl adjacent to an activating group) is 1. The van der Waals surface area contributed by atoms with Crippen molar-refractivity contribution in [2.45, 2.75) is 33.2 Å². The van der Waals surface area contributed by atoms with E-state index in [1.54, 1.807) is 12.1 Å². The third kappa shape index (κ3) is 3.52. The van der Waals surface area contributed by atoms with Gasteiger partial charge >= 0.3 is 0 Å². The Morgan fingerprint density at radius 1 is 1.09 bits per heavy atom. The molecule has 2 aromatic carbocycles. The zero-order chi connectivity index (χ0) is 23.4. The Balaban J connectivity index is 1.81. The van der Waals surface area contributed by atoms with Crippen LogP contribution in [-0.4, -0.2) is 29.5 Å². The number of benzene rings is 2. The highest BCUT2D eigenvalue weighted by molar-refractivity contribution is 7.80. The van der Waals surface area contributed by atoms with Gasteiger partial charge < -0.3 is 4.90 Å². The quantitative estimate of drug-likeness (QED) is 0.414. The maximum atomic E-state index is 14.4. The number of carbonyl (C=O) groups is 2. The first-order valence-corrected chi connectivity index (χ1v) is 10.7. The molecule has 0 spiro atoms. The number of amides is 2. The van der Waals surface area contributed by atoms with Crippen molar-refractivity contribution in [3.05, 3.63) is 70.6 Å². The van der Waals surface area contributed by atoms with Gasteiger partial charge in [0.1, 0.15) is 11.4 Å². The fraction of sp³-hybridized carbons (Fsp3) is 0.240. The van der Waals surface area contributed by atoms with E-state index < -0.39 is 17.6 Å². The van der Waals surface area contributed by atoms with Crippen LogP contribution in [0.25, 0.3) is 11.6 Å². The summed E-state index contributed by atoms with van der Waals surface area (Å²) in [7, 11) is 2.05. The van der Waals surface area contributed by atoms with Crippen LogP contribution in [0, 0.1) is 12.7 Å². The fourth-order valence-electron chi connectivity index (χ4n) is 4.14. The smallest absolute Gasteiger partial charge is 0.270 e. The fourth-order valence-corrected chi connectivity index (χ4v) is 4.41. The molecule has 1 fully saturated rings. The van der Waals surface area contributed by atoms with E-state index in [-0.39, 0.29) is 21.9 Å². The molecule has 0 saturated carbocycles. The molecule has 5 nitrogen and oxygen atoms in total. The number of carbonyl (C=O) groups excluding carboxylic acids is 2. The van der Waals surface area contributed by atoms with E-state index in [0.29, 0.717) is 0 Å². The number of para-hydroxylation sites is 1. The second kappa shape index (κ2) is 7.67. The van der Waals surface area contributed by atoms with E-state index >= 15 is 0 Å². The highest BCUT2D eigenvalue weighted by Crippen LogP contribution is 2.39. The van der Waals surface area contributed by atoms with Crippen molar-refractivity contribution in [3.8, 4) is 0 Å². The van der Waals surface area contributed by atoms with E-state index in [2.05, 4.69) is 43.1 Å². The summed E-state index contributed by atoms with van der Waals surface area (Å²) in [5.74, 6) is -1.86. The van der Waals surface area contributed by atoms with Gasteiger partial charge in [-0.3, -0.25) is 14.9 Å². The Bertz CT molecular complexity index is 1250. The summed E-state index contributed by atoms with van der Waals surface area (Å²) in [5.41, 5.74) is 4.67. The standard InChI is InChI=1S/C25H24FN3O2S/c1-14-10-21-17(15(2)13-25(3,4)28(21)5)11-16(14)12-18-22(30)27-24(32)29(23(18)31)20-9-7-6-8-19(20)26/h6-13H,1-5H3,(H,27,30,32)/b18-12-. The number of allylic oxidation sites excluding steroid dienone is 1. The molecule has 2 aromatic rings. The first kappa shape index (κ1) is 21.9. The van der Waals surface area contributed by atoms with Gasteiger partial charge in [-0.1, -0.05) is 18.2 Å². The number of fused-ring (bicyclic) bond motifs is 1. The molecule has 32 heavy (non-hydrogen) atoms. The predicted octanol–water partition coefficient (Wildman–Crippen LogP) is 4.60. The average molecular weight is 450 g/mol. The molecule has 2 amide bonds. The molecular weight excluding hydrogens is 425 g/mol. The third-order valence-electron chi connectivity index (χ3n) is 6.10. The first-order chi connectivity index (χ1) is 15.0. The minimum Gasteiger partial charge on any atom is -0.365 e. The van der Waals surface area contributed by atoms with Gasteiger partial charge in [0.2, 0.25) is 0 Å². The number of nitrogens with one attached hydrogen (secondary N) is 1. The number of thiocarbonyl (C=S) groups is 1. The van der Waals surface area contributed by atoms with Crippen LogP contribution < -0.4 is 15.1 Å². The maximum Gasteiger partial charge on any atom is 0.270 e. The molecule has 164 valence electrons. The van der Waals surface area contributed by atoms with Crippen LogP contribution in [0.4, 0.5) is 15.8 Å². The Hall–Kier alpha value is -3.32. The molecular formula is C25H24FN3O2S. The van der Waals surface area contributed by atoms with E-state index in [4.69, 9.17) is 12.2 Å². The molecule has 7 heteroatoms. The van der Waals surface area contributed by atoms with Crippen molar-refractivity contribution < 1.29 is 14.0 Å². The summed E-state index contributed by atoms with van der Waals surface area (Å²) >= 11 is 5.16. The lowest BCUT2D eigenvalue weighted by molar-refractivity contribution is -0.122. The number of hydrogen-bond acceptors (Lipinski definition) is 4. The number of aryl methyl sites for hydroxylation is 1. The van der Waals surface area contributed by atoms with Gasteiger partial charge in [0.05, 0.1) is 11.2 Å². The van der Waals surface area contributed by atoms with Crippen LogP contribution in [0.3, 0.4) is 0 Å². The van der Waals surface area contributed by atoms with E-state index in [1.165, 1.54) is 18.2 Å². The number of nitrogens with zero attached hydrogens (tertiary/aromatic N) is 2. The second-order valence-corrected chi connectivity index (χ2v) is 9.06. The summed E-state index contributed by atoms with van der Waals surface area (Å²) < 4.78 is 14.4. The molecule has 1 N–H and O–H groups in total. The number of hydrogen-bond donors (Lipinski definition) is 1. The number of rotatable bonds is 2. The molecule has 2 aliphatic rings. The van der Waals surface area contributed by atoms with E-state index in [1.807, 2.05) is 20.0 Å². The molecule has 0 unspecified atom stereocenters. The first-order valence-electron chi connectivity index (χ1n) is 10.3. The van der Waals surface area contributed by atoms with Crippen molar-refractivity contribution in [1.29, 1.82) is 0 Å². The van der Waals surface area contributed by atoms with Crippen LogP contribution in [-0.2, 0) is 9.59 Å². The summed E-state index contributed by atoms with van der Waals surface area (Å²) in [6.45, 7) is 8.29. The molecule has 2 heterocycles. The molecule has 0 atom stereocenters. The SMILES string of the molecule is CC1=CC(C)(C)N(C)c2cc(C)c(/C=C3/C(=O)NC(=S)N(c4ccccc4F)C3=O)cc21. The topological polar surface area (TPSA) is 52.7 Å². The molecule has 4 rings (SSSR count). The minimum absolute atomic E-state index is 0.00167. The maximum absolute atomic E-state index is 14.4. The zero-order valence-corrected chi connectivity index (χ0v) is 19.4. The largest absolute Gasteiger partial charge is 0.365 e. The predicted molar refractivity (Wildman–Crippen MR) is 130 cm³/mol. The van der Waals surface area contributed by atoms with Crippen LogP contribution in [0.5, 0.6) is 0 Å². The van der Waals surface area contributed by atoms with Crippen molar-refractivity contribution in [1.82, 2.24) is 5.32 Å². The number of halogens is 1. The highest BCUT2D eigenvalue weighted by Gasteiger charge is 2.36. The van der Waals surface area contributed by atoms with Crippen LogP contribution in [0.1, 0.15) is 37.5 Å². The van der Waals surface area contributed by atoms with Crippen LogP contribution in [0.2, 0.25) is 0 Å². The zero-order valence-electron chi connectivity index (χ0n) is 18.6. The highest BCUT2D eigenvalue weighted by atomic mass is 32.1. The summed E-state index contributed by atoms with van der Waals surface area (Å²) in [5, 5.41) is 2.36. The lowest BCUT2D eigenvalue weighted by Gasteiger charge is -2.41. The van der Waals surface area contributed by atoms with E-state index in [0.717, 1.165) is 32.9 Å². The van der Waals surface area contributed by atoms with Gasteiger partial charge in [0.15, 0.2) is 5.11 Å². The van der Waals surface area contributed by atoms with Crippen molar-refractivity contribution in [2.24, 2.45) is 0 Å². The van der Waals surface area contributed by atoms with E-state index in [9.17, 15) is 14.0 Å². The molecule has 0 radical (unpaired) electrons. The van der Waals surface area contributed by atoms with Gasteiger partial charge in [-0.2, -0.15) is 0 Å². The van der Waals surface area contributed by atoms with Crippen molar-refractivity contribution >= 4 is 52.2 Å². The molecule has 0 aliphatic carbocycles. The lowest BCUT2D eigenvalue weighted by Crippen LogP contribution is -2.54. The summed E-state index contributed by atoms with van der Waals surface area (Å²) in [6, 6.07) is 9.86. The Morgan fingerprint density at radius 3 is 2.47 bits per heavy atom. The van der Waals surface area contributed by atoms with Gasteiger partial charge in [0.25, 0.3) is 11.8 Å². The average Bonchev–Trinajstić information content (AvgIpc) is 2.71. The second-order valence-electron chi connectivity index (χ2n) is 8.68. The number of anilines is 2. The van der Waals surface area contributed by atoms with Gasteiger partial charge in [-0.05, 0) is 87.0 Å². The Morgan fingerprint density at radius 2 is 1.78 bits per heavy atom. The normalized spacial score (nSPS) is 19.1. The monoisotopic (exact) mass is 449 g/mol. The minimum atomic E-state index is -0.661. The van der Waals surface area contributed by atoms with Gasteiger partial charge in [-0.25, -0.2) is 9.29 Å².